The van der Waals surface area contributed by atoms with Gasteiger partial charge < -0.3 is 37.7 Å². The van der Waals surface area contributed by atoms with Gasteiger partial charge in [0, 0.05) is 65.4 Å². The predicted molar refractivity (Wildman–Crippen MR) is 162 cm³/mol. The van der Waals surface area contributed by atoms with E-state index in [1.807, 2.05) is 6.07 Å². The first-order chi connectivity index (χ1) is 18.1. The van der Waals surface area contributed by atoms with Gasteiger partial charge in [0.25, 0.3) is 13.3 Å². The highest BCUT2D eigenvalue weighted by Gasteiger charge is 2.22. The van der Waals surface area contributed by atoms with Crippen LogP contribution in [0.5, 0.6) is 0 Å². The lowest BCUT2D eigenvalue weighted by atomic mass is 10.1. The van der Waals surface area contributed by atoms with Crippen molar-refractivity contribution in [2.45, 2.75) is 13.1 Å². The molecule has 0 unspecified atom stereocenters. The van der Waals surface area contributed by atoms with Gasteiger partial charge in [-0.3, -0.25) is 0 Å². The molecule has 2 aliphatic rings. The van der Waals surface area contributed by atoms with Gasteiger partial charge in [0.2, 0.25) is 0 Å². The van der Waals surface area contributed by atoms with Crippen molar-refractivity contribution in [2.24, 2.45) is 0 Å². The van der Waals surface area contributed by atoms with Crippen LogP contribution in [0, 0.1) is 0 Å². The highest BCUT2D eigenvalue weighted by atomic mass is 32.5. The summed E-state index contributed by atoms with van der Waals surface area (Å²) in [7, 11) is 8.43. The highest BCUT2D eigenvalue weighted by Crippen LogP contribution is 2.45. The fourth-order valence-electron chi connectivity index (χ4n) is 3.88. The van der Waals surface area contributed by atoms with E-state index >= 15 is 0 Å². The maximum atomic E-state index is 6.10. The van der Waals surface area contributed by atoms with Crippen LogP contribution in [-0.2, 0) is 54.8 Å². The van der Waals surface area contributed by atoms with E-state index in [0.29, 0.717) is 39.5 Å². The van der Waals surface area contributed by atoms with Crippen molar-refractivity contribution in [3.63, 3.8) is 0 Å². The molecule has 1 aromatic carbocycles. The molecule has 10 nitrogen and oxygen atoms in total. The Morgan fingerprint density at radius 3 is 1.24 bits per heavy atom. The summed E-state index contributed by atoms with van der Waals surface area (Å²) < 4.78 is 24.4. The molecular formula is C24H46N6O4P2S2. The Balaban J connectivity index is 1.56. The van der Waals surface area contributed by atoms with Crippen molar-refractivity contribution in [1.29, 1.82) is 0 Å². The molecule has 0 aliphatic carbocycles. The summed E-state index contributed by atoms with van der Waals surface area (Å²) in [5, 5.41) is 6.83. The summed E-state index contributed by atoms with van der Waals surface area (Å²) in [5.74, 6) is 0. The monoisotopic (exact) mass is 608 g/mol. The largest absolute Gasteiger partial charge is 0.317 e. The minimum absolute atomic E-state index is 0.546. The summed E-state index contributed by atoms with van der Waals surface area (Å²) in [6, 6.07) is 8.35. The van der Waals surface area contributed by atoms with E-state index in [1.54, 1.807) is 0 Å². The molecule has 1 aromatic rings. The number of nitrogens with zero attached hydrogens (tertiary/aromatic N) is 4. The number of likely N-dealkylation sites (N-methyl/N-ethyl adjacent to an activating group) is 4. The Bertz CT molecular complexity index is 840. The molecule has 14 heteroatoms. The van der Waals surface area contributed by atoms with Gasteiger partial charge in [0.1, 0.15) is 0 Å². The zero-order valence-corrected chi connectivity index (χ0v) is 26.8. The molecule has 0 aromatic heterocycles. The van der Waals surface area contributed by atoms with Crippen LogP contribution in [0.15, 0.2) is 24.3 Å². The summed E-state index contributed by atoms with van der Waals surface area (Å²) in [4.78, 5) is 9.05. The zero-order chi connectivity index (χ0) is 27.4. The smallest absolute Gasteiger partial charge is 0.261 e. The van der Waals surface area contributed by atoms with Crippen LogP contribution in [0.2, 0.25) is 0 Å². The summed E-state index contributed by atoms with van der Waals surface area (Å²) in [6.45, 7) is 5.36. The van der Waals surface area contributed by atoms with Crippen molar-refractivity contribution in [3.8, 4) is 0 Å². The van der Waals surface area contributed by atoms with Gasteiger partial charge >= 0.3 is 0 Å². The van der Waals surface area contributed by atoms with Gasteiger partial charge in [-0.05, 0) is 62.9 Å². The highest BCUT2D eigenvalue weighted by molar-refractivity contribution is 8.09. The van der Waals surface area contributed by atoms with Gasteiger partial charge in [-0.2, -0.15) is 0 Å². The normalized spacial score (nSPS) is 24.3. The molecule has 0 amide bonds. The molecule has 0 radical (unpaired) electrons. The Morgan fingerprint density at radius 1 is 0.605 bits per heavy atom. The molecular weight excluding hydrogens is 562 g/mol. The van der Waals surface area contributed by atoms with Crippen LogP contribution >= 0.6 is 13.3 Å². The van der Waals surface area contributed by atoms with Crippen molar-refractivity contribution in [3.05, 3.63) is 35.4 Å². The number of hydrogen-bond donors (Lipinski definition) is 2. The van der Waals surface area contributed by atoms with Crippen LogP contribution in [0.3, 0.4) is 0 Å². The second kappa shape index (κ2) is 16.5. The summed E-state index contributed by atoms with van der Waals surface area (Å²) >= 11 is 11.7. The topological polar surface area (TPSA) is 73.9 Å². The van der Waals surface area contributed by atoms with Crippen molar-refractivity contribution in [1.82, 2.24) is 29.8 Å². The molecule has 2 aliphatic heterocycles. The van der Waals surface area contributed by atoms with Crippen molar-refractivity contribution < 1.29 is 18.1 Å². The van der Waals surface area contributed by atoms with Crippen molar-refractivity contribution >= 4 is 36.9 Å². The third-order valence-corrected chi connectivity index (χ3v) is 11.8. The van der Waals surface area contributed by atoms with Crippen LogP contribution < -0.4 is 10.2 Å². The molecule has 2 heterocycles. The molecule has 0 bridgehead atoms. The van der Waals surface area contributed by atoms with E-state index in [1.165, 1.54) is 0 Å². The Hall–Kier alpha value is 0.120. The number of benzene rings is 1. The van der Waals surface area contributed by atoms with Gasteiger partial charge in [-0.1, -0.05) is 24.3 Å². The molecule has 218 valence electrons. The van der Waals surface area contributed by atoms with Gasteiger partial charge in [-0.25, -0.2) is 10.2 Å². The predicted octanol–water partition coefficient (Wildman–Crippen LogP) is 2.14. The van der Waals surface area contributed by atoms with E-state index in [-0.39, 0.29) is 0 Å². The number of hydrogen-bond acceptors (Lipinski definition) is 10. The van der Waals surface area contributed by atoms with E-state index in [2.05, 4.69) is 76.2 Å². The van der Waals surface area contributed by atoms with Crippen molar-refractivity contribution in [2.75, 3.05) is 107 Å². The summed E-state index contributed by atoms with van der Waals surface area (Å²) in [6.07, 6.45) is 0. The average Bonchev–Trinajstić information content (AvgIpc) is 2.93. The minimum Gasteiger partial charge on any atom is -0.317 e. The molecule has 2 fully saturated rings. The molecule has 2 saturated heterocycles. The van der Waals surface area contributed by atoms with Gasteiger partial charge in [0.05, 0.1) is 26.4 Å². The van der Waals surface area contributed by atoms with Crippen LogP contribution in [0.1, 0.15) is 11.1 Å². The molecule has 0 atom stereocenters. The third-order valence-electron chi connectivity index (χ3n) is 6.61. The SMILES string of the molecule is CN1CCOP(=S)(NCc2cccc(CNP3(=S)OCCN(C)CCN(C)CCO3)c2)OCCN(C)CC1. The van der Waals surface area contributed by atoms with Crippen LogP contribution in [0.4, 0.5) is 0 Å². The molecule has 2 N–H and O–H groups in total. The van der Waals surface area contributed by atoms with E-state index in [4.69, 9.17) is 41.7 Å². The Morgan fingerprint density at radius 2 is 0.921 bits per heavy atom. The first-order valence-corrected chi connectivity index (χ1v) is 18.5. The molecule has 0 spiro atoms. The Labute approximate surface area is 239 Å². The molecule has 0 saturated carbocycles. The third kappa shape index (κ3) is 12.3. The number of nitrogens with one attached hydrogen (secondary N) is 2. The average molecular weight is 609 g/mol. The minimum atomic E-state index is -2.61. The van der Waals surface area contributed by atoms with E-state index in [0.717, 1.165) is 63.5 Å². The lowest BCUT2D eigenvalue weighted by Gasteiger charge is -2.25. The van der Waals surface area contributed by atoms with Crippen LogP contribution in [0.25, 0.3) is 0 Å². The van der Waals surface area contributed by atoms with E-state index in [9.17, 15) is 0 Å². The quantitative estimate of drug-likeness (QED) is 0.465. The van der Waals surface area contributed by atoms with Crippen LogP contribution in [-0.4, -0.2) is 127 Å². The maximum Gasteiger partial charge on any atom is 0.261 e. The van der Waals surface area contributed by atoms with Gasteiger partial charge in [-0.15, -0.1) is 0 Å². The fourth-order valence-corrected chi connectivity index (χ4v) is 7.72. The standard InChI is InChI=1S/C24H46N6O4P2S2/c1-27-8-9-28(2)13-17-32-35(37,31-16-12-27)25-21-23-6-5-7-24(20-23)22-26-36(38)33-18-14-29(3)10-11-30(4)15-19-34-36/h5-7,20H,8-19,21-22H2,1-4H3,(H,25,37)(H,26,38). The first kappa shape index (κ1) is 32.6. The molecule has 38 heavy (non-hydrogen) atoms. The Kier molecular flexibility index (Phi) is 14.2. The van der Waals surface area contributed by atoms with Gasteiger partial charge in [0.15, 0.2) is 0 Å². The number of rotatable bonds is 6. The zero-order valence-electron chi connectivity index (χ0n) is 23.3. The summed E-state index contributed by atoms with van der Waals surface area (Å²) in [5.41, 5.74) is 2.21. The lowest BCUT2D eigenvalue weighted by Crippen LogP contribution is -2.33. The first-order valence-electron chi connectivity index (χ1n) is 13.3. The second-order valence-corrected chi connectivity index (χ2v) is 16.6. The molecule has 3 rings (SSSR count). The fraction of sp³-hybridized carbons (Fsp3) is 0.750. The van der Waals surface area contributed by atoms with E-state index < -0.39 is 13.3 Å². The lowest BCUT2D eigenvalue weighted by molar-refractivity contribution is 0.214. The maximum absolute atomic E-state index is 6.10. The second-order valence-electron chi connectivity index (χ2n) is 10.0.